The minimum Gasteiger partial charge on any atom is -0.506 e. The van der Waals surface area contributed by atoms with Crippen molar-refractivity contribution in [1.82, 2.24) is 20.3 Å². The van der Waals surface area contributed by atoms with Gasteiger partial charge in [-0.25, -0.2) is 9.97 Å². The molecule has 3 N–H and O–H groups in total. The normalized spacial score (nSPS) is 13.5. The highest BCUT2D eigenvalue weighted by atomic mass is 35.5. The molecule has 0 bridgehead atoms. The lowest BCUT2D eigenvalue weighted by Crippen LogP contribution is -2.31. The average molecular weight is 341 g/mol. The van der Waals surface area contributed by atoms with Crippen LogP contribution in [0, 0.1) is 0 Å². The number of rotatable bonds is 2. The first-order chi connectivity index (χ1) is 11.6. The van der Waals surface area contributed by atoms with Crippen LogP contribution in [0.3, 0.4) is 0 Å². The number of H-pyrrole nitrogens is 1. The molecule has 0 saturated heterocycles. The summed E-state index contributed by atoms with van der Waals surface area (Å²) in [5, 5.41) is 12.6. The number of hydrogen-bond donors (Lipinski definition) is 3. The van der Waals surface area contributed by atoms with Crippen molar-refractivity contribution in [2.75, 3.05) is 6.54 Å². The Labute approximate surface area is 142 Å². The molecule has 7 heteroatoms. The second kappa shape index (κ2) is 5.65. The Bertz CT molecular complexity index is 952. The Morgan fingerprint density at radius 1 is 1.21 bits per heavy atom. The van der Waals surface area contributed by atoms with Gasteiger partial charge in [0.15, 0.2) is 5.82 Å². The lowest BCUT2D eigenvalue weighted by Gasteiger charge is -2.10. The maximum Gasteiger partial charge on any atom is 0.253 e. The van der Waals surface area contributed by atoms with E-state index in [-0.39, 0.29) is 16.7 Å². The van der Waals surface area contributed by atoms with E-state index in [0.717, 1.165) is 17.8 Å². The second-order valence-electron chi connectivity index (χ2n) is 5.51. The molecule has 1 amide bonds. The molecule has 6 nitrogen and oxygen atoms in total. The number of carbonyl (C=O) groups excluding carboxylic acids is 1. The van der Waals surface area contributed by atoms with E-state index in [2.05, 4.69) is 20.3 Å². The molecule has 1 aliphatic heterocycles. The molecular formula is C17H13ClN4O2. The molecule has 1 aliphatic rings. The van der Waals surface area contributed by atoms with Crippen LogP contribution in [0.4, 0.5) is 0 Å². The number of benzene rings is 1. The number of aromatic hydroxyl groups is 1. The van der Waals surface area contributed by atoms with E-state index in [1.807, 2.05) is 0 Å². The van der Waals surface area contributed by atoms with Crippen LogP contribution < -0.4 is 5.32 Å². The van der Waals surface area contributed by atoms with Crippen molar-refractivity contribution in [3.63, 3.8) is 0 Å². The van der Waals surface area contributed by atoms with E-state index in [0.29, 0.717) is 29.2 Å². The van der Waals surface area contributed by atoms with E-state index in [1.54, 1.807) is 30.5 Å². The molecule has 0 unspecified atom stereocenters. The summed E-state index contributed by atoms with van der Waals surface area (Å²) in [6, 6.07) is 8.41. The number of aromatic amines is 1. The highest BCUT2D eigenvalue weighted by molar-refractivity contribution is 6.32. The molecule has 0 spiro atoms. The zero-order chi connectivity index (χ0) is 16.7. The van der Waals surface area contributed by atoms with Gasteiger partial charge in [0.05, 0.1) is 22.0 Å². The fourth-order valence-electron chi connectivity index (χ4n) is 2.73. The molecule has 0 saturated carbocycles. The Morgan fingerprint density at radius 2 is 2.08 bits per heavy atom. The minimum atomic E-state index is -0.0710. The Hall–Kier alpha value is -2.86. The van der Waals surface area contributed by atoms with Gasteiger partial charge in [0.2, 0.25) is 0 Å². The number of phenolic OH excluding ortho intramolecular Hbond substituents is 1. The number of halogens is 1. The largest absolute Gasteiger partial charge is 0.506 e. The van der Waals surface area contributed by atoms with Crippen molar-refractivity contribution >= 4 is 17.5 Å². The first kappa shape index (κ1) is 14.7. The molecule has 4 rings (SSSR count). The Morgan fingerprint density at radius 3 is 2.88 bits per heavy atom. The predicted octanol–water partition coefficient (Wildman–Crippen LogP) is 2.78. The maximum absolute atomic E-state index is 11.9. The number of phenols is 1. The van der Waals surface area contributed by atoms with Crippen LogP contribution in [0.15, 0.2) is 36.5 Å². The Kier molecular flexibility index (Phi) is 3.46. The Balaban J connectivity index is 1.75. The summed E-state index contributed by atoms with van der Waals surface area (Å²) >= 11 is 5.95. The van der Waals surface area contributed by atoms with Crippen molar-refractivity contribution < 1.29 is 9.90 Å². The van der Waals surface area contributed by atoms with E-state index in [9.17, 15) is 9.90 Å². The number of carbonyl (C=O) groups is 1. The van der Waals surface area contributed by atoms with Crippen molar-refractivity contribution in [2.24, 2.45) is 0 Å². The van der Waals surface area contributed by atoms with Gasteiger partial charge in [-0.3, -0.25) is 4.79 Å². The number of amides is 1. The molecular weight excluding hydrogens is 328 g/mol. The quantitative estimate of drug-likeness (QED) is 0.669. The lowest BCUT2D eigenvalue weighted by atomic mass is 10.1. The van der Waals surface area contributed by atoms with Crippen LogP contribution in [-0.2, 0) is 6.42 Å². The van der Waals surface area contributed by atoms with Gasteiger partial charge in [-0.15, -0.1) is 0 Å². The van der Waals surface area contributed by atoms with Gasteiger partial charge in [0.1, 0.15) is 5.75 Å². The third-order valence-corrected chi connectivity index (χ3v) is 4.24. The van der Waals surface area contributed by atoms with Crippen molar-refractivity contribution in [2.45, 2.75) is 6.42 Å². The molecule has 0 radical (unpaired) electrons. The smallest absolute Gasteiger partial charge is 0.253 e. The fraction of sp³-hybridized carbons (Fsp3) is 0.118. The van der Waals surface area contributed by atoms with E-state index in [1.165, 1.54) is 6.07 Å². The second-order valence-corrected chi connectivity index (χ2v) is 5.92. The molecule has 1 aromatic carbocycles. The number of hydrogen-bond acceptors (Lipinski definition) is 4. The molecule has 24 heavy (non-hydrogen) atoms. The van der Waals surface area contributed by atoms with E-state index >= 15 is 0 Å². The van der Waals surface area contributed by atoms with Crippen LogP contribution in [0.5, 0.6) is 5.75 Å². The minimum absolute atomic E-state index is 0.0135. The van der Waals surface area contributed by atoms with Crippen molar-refractivity contribution in [1.29, 1.82) is 0 Å². The summed E-state index contributed by atoms with van der Waals surface area (Å²) in [6.45, 7) is 0.632. The average Bonchev–Trinajstić information content (AvgIpc) is 3.03. The zero-order valence-corrected chi connectivity index (χ0v) is 13.3. The topological polar surface area (TPSA) is 90.9 Å². The zero-order valence-electron chi connectivity index (χ0n) is 12.5. The summed E-state index contributed by atoms with van der Waals surface area (Å²) in [4.78, 5) is 23.9. The fourth-order valence-corrected chi connectivity index (χ4v) is 2.91. The summed E-state index contributed by atoms with van der Waals surface area (Å²) in [5.41, 5.74) is 3.73. The van der Waals surface area contributed by atoms with Crippen LogP contribution >= 0.6 is 11.6 Å². The van der Waals surface area contributed by atoms with Gasteiger partial charge >= 0.3 is 0 Å². The molecule has 0 aliphatic carbocycles. The first-order valence-corrected chi connectivity index (χ1v) is 7.82. The number of nitrogens with zero attached hydrogens (tertiary/aromatic N) is 2. The van der Waals surface area contributed by atoms with Crippen molar-refractivity contribution in [3.05, 3.63) is 52.8 Å². The molecule has 3 heterocycles. The molecule has 0 fully saturated rings. The number of fused-ring (bicyclic) bond motifs is 1. The van der Waals surface area contributed by atoms with E-state index in [4.69, 9.17) is 11.6 Å². The van der Waals surface area contributed by atoms with Gasteiger partial charge in [-0.05, 0) is 30.3 Å². The number of aromatic nitrogens is 3. The lowest BCUT2D eigenvalue weighted by molar-refractivity contribution is 0.0946. The molecule has 2 aromatic heterocycles. The standard InChI is InChI=1S/C17H13ClN4O2/c18-11-7-9(1-2-15(11)23)16-19-5-4-13(22-16)14-8-10-12(21-14)3-6-20-17(10)24/h1-2,4-5,7-8,21,23H,3,6H2,(H,20,24). The monoisotopic (exact) mass is 340 g/mol. The van der Waals surface area contributed by atoms with Crippen LogP contribution in [-0.4, -0.2) is 32.5 Å². The van der Waals surface area contributed by atoms with Crippen LogP contribution in [0.25, 0.3) is 22.8 Å². The predicted molar refractivity (Wildman–Crippen MR) is 90.0 cm³/mol. The third-order valence-electron chi connectivity index (χ3n) is 3.94. The highest BCUT2D eigenvalue weighted by Crippen LogP contribution is 2.29. The first-order valence-electron chi connectivity index (χ1n) is 7.44. The van der Waals surface area contributed by atoms with Gasteiger partial charge in [0.25, 0.3) is 5.91 Å². The van der Waals surface area contributed by atoms with Crippen LogP contribution in [0.1, 0.15) is 16.1 Å². The number of nitrogens with one attached hydrogen (secondary N) is 2. The van der Waals surface area contributed by atoms with Crippen LogP contribution in [0.2, 0.25) is 5.02 Å². The van der Waals surface area contributed by atoms with E-state index < -0.39 is 0 Å². The van der Waals surface area contributed by atoms with Gasteiger partial charge in [0, 0.05) is 30.4 Å². The van der Waals surface area contributed by atoms with Gasteiger partial charge < -0.3 is 15.4 Å². The van der Waals surface area contributed by atoms with Crippen molar-refractivity contribution in [3.8, 4) is 28.5 Å². The highest BCUT2D eigenvalue weighted by Gasteiger charge is 2.20. The summed E-state index contributed by atoms with van der Waals surface area (Å²) < 4.78 is 0. The summed E-state index contributed by atoms with van der Waals surface area (Å²) in [6.07, 6.45) is 2.42. The third kappa shape index (κ3) is 2.51. The summed E-state index contributed by atoms with van der Waals surface area (Å²) in [5.74, 6) is 0.435. The summed E-state index contributed by atoms with van der Waals surface area (Å²) in [7, 11) is 0. The molecule has 120 valence electrons. The molecule has 0 atom stereocenters. The van der Waals surface area contributed by atoms with Gasteiger partial charge in [-0.1, -0.05) is 11.6 Å². The maximum atomic E-state index is 11.9. The SMILES string of the molecule is O=C1NCCc2[nH]c(-c3ccnc(-c4ccc(O)c(Cl)c4)n3)cc21. The van der Waals surface area contributed by atoms with Gasteiger partial charge in [-0.2, -0.15) is 0 Å². The molecule has 3 aromatic rings.